The van der Waals surface area contributed by atoms with Crippen LogP contribution in [0.3, 0.4) is 0 Å². The maximum Gasteiger partial charge on any atom is 0.224 e. The van der Waals surface area contributed by atoms with Crippen LogP contribution in [0.1, 0.15) is 18.4 Å². The number of aryl methyl sites for hydroxylation is 1. The number of halogens is 1. The van der Waals surface area contributed by atoms with Gasteiger partial charge in [0.2, 0.25) is 5.91 Å². The van der Waals surface area contributed by atoms with Gasteiger partial charge in [0, 0.05) is 22.6 Å². The summed E-state index contributed by atoms with van der Waals surface area (Å²) in [6, 6.07) is 11.2. The van der Waals surface area contributed by atoms with Gasteiger partial charge < -0.3 is 19.5 Å². The zero-order valence-corrected chi connectivity index (χ0v) is 16.2. The number of hydrogen-bond donors (Lipinski definition) is 1. The SMILES string of the molecule is COc1cc(C)c(NC(=O)CCCOc2cccc(Br)c2)cc1OC. The monoisotopic (exact) mass is 407 g/mol. The van der Waals surface area contributed by atoms with Gasteiger partial charge in [-0.15, -0.1) is 0 Å². The fraction of sp³-hybridized carbons (Fsp3) is 0.316. The zero-order valence-electron chi connectivity index (χ0n) is 14.6. The van der Waals surface area contributed by atoms with E-state index in [1.165, 1.54) is 0 Å². The third kappa shape index (κ3) is 5.67. The Kier molecular flexibility index (Phi) is 7.13. The molecule has 0 aliphatic heterocycles. The van der Waals surface area contributed by atoms with Crippen LogP contribution in [-0.2, 0) is 4.79 Å². The lowest BCUT2D eigenvalue weighted by Gasteiger charge is -2.13. The molecule has 2 rings (SSSR count). The Labute approximate surface area is 156 Å². The number of hydrogen-bond acceptors (Lipinski definition) is 4. The molecule has 0 aromatic heterocycles. The van der Waals surface area contributed by atoms with Crippen molar-refractivity contribution in [3.05, 3.63) is 46.4 Å². The lowest BCUT2D eigenvalue weighted by Crippen LogP contribution is -2.14. The Balaban J connectivity index is 1.84. The Bertz CT molecular complexity index is 733. The van der Waals surface area contributed by atoms with Gasteiger partial charge in [0.1, 0.15) is 5.75 Å². The summed E-state index contributed by atoms with van der Waals surface area (Å²) < 4.78 is 17.1. The summed E-state index contributed by atoms with van der Waals surface area (Å²) >= 11 is 3.40. The van der Waals surface area contributed by atoms with Gasteiger partial charge in [-0.05, 0) is 43.2 Å². The van der Waals surface area contributed by atoms with Crippen molar-refractivity contribution in [1.29, 1.82) is 0 Å². The molecule has 0 aliphatic rings. The van der Waals surface area contributed by atoms with Crippen molar-refractivity contribution in [3.63, 3.8) is 0 Å². The smallest absolute Gasteiger partial charge is 0.224 e. The van der Waals surface area contributed by atoms with E-state index in [4.69, 9.17) is 14.2 Å². The minimum absolute atomic E-state index is 0.0619. The van der Waals surface area contributed by atoms with Crippen molar-refractivity contribution < 1.29 is 19.0 Å². The van der Waals surface area contributed by atoms with Crippen molar-refractivity contribution in [1.82, 2.24) is 0 Å². The third-order valence-electron chi connectivity index (χ3n) is 3.62. The number of methoxy groups -OCH3 is 2. The van der Waals surface area contributed by atoms with Crippen molar-refractivity contribution >= 4 is 27.5 Å². The lowest BCUT2D eigenvalue weighted by atomic mass is 10.1. The molecule has 0 fully saturated rings. The summed E-state index contributed by atoms with van der Waals surface area (Å²) in [6.45, 7) is 2.39. The predicted octanol–water partition coefficient (Wildman–Crippen LogP) is 4.57. The van der Waals surface area contributed by atoms with E-state index in [0.29, 0.717) is 30.9 Å². The largest absolute Gasteiger partial charge is 0.494 e. The minimum atomic E-state index is -0.0619. The Hall–Kier alpha value is -2.21. The Morgan fingerprint density at radius 1 is 1.12 bits per heavy atom. The highest BCUT2D eigenvalue weighted by Crippen LogP contribution is 2.32. The van der Waals surface area contributed by atoms with Gasteiger partial charge in [-0.25, -0.2) is 0 Å². The van der Waals surface area contributed by atoms with Gasteiger partial charge in [-0.1, -0.05) is 22.0 Å². The molecule has 0 radical (unpaired) electrons. The van der Waals surface area contributed by atoms with Crippen molar-refractivity contribution in [2.75, 3.05) is 26.1 Å². The summed E-state index contributed by atoms with van der Waals surface area (Å²) in [6.07, 6.45) is 1.01. The lowest BCUT2D eigenvalue weighted by molar-refractivity contribution is -0.116. The van der Waals surface area contributed by atoms with E-state index < -0.39 is 0 Å². The van der Waals surface area contributed by atoms with Crippen LogP contribution in [0.5, 0.6) is 17.2 Å². The van der Waals surface area contributed by atoms with E-state index in [1.807, 2.05) is 37.3 Å². The molecule has 0 unspecified atom stereocenters. The molecule has 25 heavy (non-hydrogen) atoms. The molecule has 0 saturated heterocycles. The van der Waals surface area contributed by atoms with E-state index in [-0.39, 0.29) is 5.91 Å². The summed E-state index contributed by atoms with van der Waals surface area (Å²) in [5, 5.41) is 2.91. The first-order valence-corrected chi connectivity index (χ1v) is 8.73. The van der Waals surface area contributed by atoms with E-state index in [2.05, 4.69) is 21.2 Å². The van der Waals surface area contributed by atoms with Crippen LogP contribution in [0.2, 0.25) is 0 Å². The second kappa shape index (κ2) is 9.32. The van der Waals surface area contributed by atoms with Gasteiger partial charge in [-0.2, -0.15) is 0 Å². The van der Waals surface area contributed by atoms with Crippen LogP contribution in [-0.4, -0.2) is 26.7 Å². The fourth-order valence-corrected chi connectivity index (χ4v) is 2.69. The molecule has 1 amide bonds. The number of anilines is 1. The number of amides is 1. The average molecular weight is 408 g/mol. The average Bonchev–Trinajstić information content (AvgIpc) is 2.60. The first-order chi connectivity index (χ1) is 12.0. The molecule has 5 nitrogen and oxygen atoms in total. The highest BCUT2D eigenvalue weighted by Gasteiger charge is 2.11. The molecular formula is C19H22BrNO4. The van der Waals surface area contributed by atoms with E-state index in [1.54, 1.807) is 20.3 Å². The van der Waals surface area contributed by atoms with Crippen molar-refractivity contribution in [2.24, 2.45) is 0 Å². The molecule has 0 saturated carbocycles. The highest BCUT2D eigenvalue weighted by atomic mass is 79.9. The number of nitrogens with one attached hydrogen (secondary N) is 1. The summed E-state index contributed by atoms with van der Waals surface area (Å²) in [7, 11) is 3.15. The van der Waals surface area contributed by atoms with E-state index >= 15 is 0 Å². The Morgan fingerprint density at radius 3 is 2.52 bits per heavy atom. The fourth-order valence-electron chi connectivity index (χ4n) is 2.31. The van der Waals surface area contributed by atoms with Gasteiger partial charge in [0.25, 0.3) is 0 Å². The highest BCUT2D eigenvalue weighted by molar-refractivity contribution is 9.10. The van der Waals surface area contributed by atoms with Gasteiger partial charge >= 0.3 is 0 Å². The normalized spacial score (nSPS) is 10.2. The standard InChI is InChI=1S/C19H22BrNO4/c1-13-10-17(23-2)18(24-3)12-16(13)21-19(22)8-5-9-25-15-7-4-6-14(20)11-15/h4,6-7,10-12H,5,8-9H2,1-3H3,(H,21,22). The first-order valence-electron chi connectivity index (χ1n) is 7.94. The minimum Gasteiger partial charge on any atom is -0.494 e. The second-order valence-corrected chi connectivity index (χ2v) is 6.40. The van der Waals surface area contributed by atoms with Crippen molar-refractivity contribution in [2.45, 2.75) is 19.8 Å². The summed E-state index contributed by atoms with van der Waals surface area (Å²) in [5.41, 5.74) is 1.63. The number of carbonyl (C=O) groups excluding carboxylic acids is 1. The molecule has 0 atom stereocenters. The number of carbonyl (C=O) groups is 1. The number of benzene rings is 2. The molecule has 1 N–H and O–H groups in total. The van der Waals surface area contributed by atoms with Crippen LogP contribution in [0, 0.1) is 6.92 Å². The molecule has 2 aromatic rings. The quantitative estimate of drug-likeness (QED) is 0.650. The zero-order chi connectivity index (χ0) is 18.2. The number of rotatable bonds is 8. The second-order valence-electron chi connectivity index (χ2n) is 5.48. The topological polar surface area (TPSA) is 56.8 Å². The predicted molar refractivity (Wildman–Crippen MR) is 102 cm³/mol. The molecule has 134 valence electrons. The van der Waals surface area contributed by atoms with Crippen LogP contribution < -0.4 is 19.5 Å². The molecule has 6 heteroatoms. The number of ether oxygens (including phenoxy) is 3. The molecule has 0 spiro atoms. The van der Waals surface area contributed by atoms with Crippen LogP contribution in [0.15, 0.2) is 40.9 Å². The molecule has 2 aromatic carbocycles. The molecule has 0 aliphatic carbocycles. The molecular weight excluding hydrogens is 386 g/mol. The molecule has 0 bridgehead atoms. The summed E-state index contributed by atoms with van der Waals surface area (Å²) in [4.78, 5) is 12.1. The first kappa shape index (κ1) is 19.1. The maximum absolute atomic E-state index is 12.1. The van der Waals surface area contributed by atoms with E-state index in [9.17, 15) is 4.79 Å². The van der Waals surface area contributed by atoms with Crippen LogP contribution in [0.25, 0.3) is 0 Å². The van der Waals surface area contributed by atoms with E-state index in [0.717, 1.165) is 21.5 Å². The summed E-state index contributed by atoms with van der Waals surface area (Å²) in [5.74, 6) is 1.94. The van der Waals surface area contributed by atoms with Crippen LogP contribution >= 0.6 is 15.9 Å². The van der Waals surface area contributed by atoms with Gasteiger partial charge in [0.05, 0.1) is 20.8 Å². The molecule has 0 heterocycles. The third-order valence-corrected chi connectivity index (χ3v) is 4.11. The maximum atomic E-state index is 12.1. The van der Waals surface area contributed by atoms with Crippen molar-refractivity contribution in [3.8, 4) is 17.2 Å². The van der Waals surface area contributed by atoms with Crippen LogP contribution in [0.4, 0.5) is 5.69 Å². The van der Waals surface area contributed by atoms with Gasteiger partial charge in [-0.3, -0.25) is 4.79 Å². The Morgan fingerprint density at radius 2 is 1.84 bits per heavy atom. The van der Waals surface area contributed by atoms with Gasteiger partial charge in [0.15, 0.2) is 11.5 Å².